The lowest BCUT2D eigenvalue weighted by molar-refractivity contribution is 0.220. The third-order valence-electron chi connectivity index (χ3n) is 8.13. The summed E-state index contributed by atoms with van der Waals surface area (Å²) in [6.45, 7) is 1.50. The van der Waals surface area contributed by atoms with Crippen LogP contribution in [0.4, 0.5) is 5.69 Å². The molecule has 1 fully saturated rings. The van der Waals surface area contributed by atoms with Gasteiger partial charge in [0.25, 0.3) is 0 Å². The minimum Gasteiger partial charge on any atom is -0.508 e. The van der Waals surface area contributed by atoms with Crippen LogP contribution >= 0.6 is 0 Å². The maximum Gasteiger partial charge on any atom is 0.120 e. The third-order valence-corrected chi connectivity index (χ3v) is 8.13. The molecule has 0 radical (unpaired) electrons. The van der Waals surface area contributed by atoms with Gasteiger partial charge in [0.2, 0.25) is 0 Å². The summed E-state index contributed by atoms with van der Waals surface area (Å²) in [6.07, 6.45) is 9.66. The lowest BCUT2D eigenvalue weighted by Gasteiger charge is -2.27. The Bertz CT molecular complexity index is 1190. The van der Waals surface area contributed by atoms with E-state index in [0.29, 0.717) is 18.3 Å². The predicted molar refractivity (Wildman–Crippen MR) is 150 cm³/mol. The minimum absolute atomic E-state index is 0.146. The van der Waals surface area contributed by atoms with Gasteiger partial charge in [0.15, 0.2) is 0 Å². The second kappa shape index (κ2) is 11.5. The summed E-state index contributed by atoms with van der Waals surface area (Å²) in [5.41, 5.74) is 12.7. The van der Waals surface area contributed by atoms with Crippen LogP contribution in [-0.4, -0.2) is 30.9 Å². The summed E-state index contributed by atoms with van der Waals surface area (Å²) in [5.74, 6) is 2.60. The number of aromatic hydroxyl groups is 1. The number of methoxy groups -OCH3 is 1. The van der Waals surface area contributed by atoms with E-state index >= 15 is 0 Å². The largest absolute Gasteiger partial charge is 0.508 e. The van der Waals surface area contributed by atoms with Crippen molar-refractivity contribution >= 4 is 5.69 Å². The van der Waals surface area contributed by atoms with Crippen LogP contribution in [0.25, 0.3) is 0 Å². The molecule has 1 atom stereocenters. The van der Waals surface area contributed by atoms with E-state index in [-0.39, 0.29) is 5.54 Å². The molecule has 5 heteroatoms. The first-order valence-corrected chi connectivity index (χ1v) is 13.7. The van der Waals surface area contributed by atoms with E-state index in [4.69, 9.17) is 15.2 Å². The smallest absolute Gasteiger partial charge is 0.120 e. The zero-order chi connectivity index (χ0) is 25.7. The fourth-order valence-corrected chi connectivity index (χ4v) is 5.90. The summed E-state index contributed by atoms with van der Waals surface area (Å²) in [6, 6.07) is 20.7. The van der Waals surface area contributed by atoms with Gasteiger partial charge in [0, 0.05) is 18.3 Å². The van der Waals surface area contributed by atoms with Gasteiger partial charge in [-0.3, -0.25) is 0 Å². The maximum atomic E-state index is 9.83. The average Bonchev–Trinajstić information content (AvgIpc) is 3.36. The molecule has 2 aliphatic rings. The number of anilines is 1. The standard InChI is InChI=1S/C32H40N2O3/c1-36-29-14-15-30(26-9-8-25-20-27(35)11-10-24(25)19-26)31(21-29)34-18-4-5-23-6-12-28(13-7-23)37-22-32(33)16-2-3-17-32/h6-7,10-15,20-21,26,34-35H,2-5,8-9,16-19,22,33H2,1H3. The van der Waals surface area contributed by atoms with Gasteiger partial charge in [0.1, 0.15) is 23.9 Å². The van der Waals surface area contributed by atoms with Gasteiger partial charge < -0.3 is 25.6 Å². The Balaban J connectivity index is 1.15. The molecule has 0 spiro atoms. The Hall–Kier alpha value is -3.18. The number of hydrogen-bond acceptors (Lipinski definition) is 5. The van der Waals surface area contributed by atoms with Crippen molar-refractivity contribution in [1.82, 2.24) is 0 Å². The topological polar surface area (TPSA) is 76.7 Å². The number of rotatable bonds is 10. The molecule has 37 heavy (non-hydrogen) atoms. The van der Waals surface area contributed by atoms with Crippen LogP contribution in [-0.2, 0) is 19.3 Å². The number of nitrogens with one attached hydrogen (secondary N) is 1. The van der Waals surface area contributed by atoms with E-state index in [2.05, 4.69) is 53.8 Å². The first-order valence-electron chi connectivity index (χ1n) is 13.7. The van der Waals surface area contributed by atoms with E-state index < -0.39 is 0 Å². The van der Waals surface area contributed by atoms with Crippen molar-refractivity contribution in [3.05, 3.63) is 82.9 Å². The summed E-state index contributed by atoms with van der Waals surface area (Å²) in [5, 5.41) is 13.5. The van der Waals surface area contributed by atoms with Gasteiger partial charge in [-0.1, -0.05) is 37.1 Å². The zero-order valence-corrected chi connectivity index (χ0v) is 22.0. The van der Waals surface area contributed by atoms with Crippen LogP contribution in [0.1, 0.15) is 66.7 Å². The van der Waals surface area contributed by atoms with Gasteiger partial charge in [-0.05, 0) is 103 Å². The number of aryl methyl sites for hydroxylation is 2. The Morgan fingerprint density at radius 2 is 1.76 bits per heavy atom. The molecule has 3 aromatic rings. The van der Waals surface area contributed by atoms with Crippen molar-refractivity contribution in [2.24, 2.45) is 5.73 Å². The fraction of sp³-hybridized carbons (Fsp3) is 0.438. The van der Waals surface area contributed by atoms with Crippen LogP contribution in [0.15, 0.2) is 60.7 Å². The molecule has 0 aromatic heterocycles. The van der Waals surface area contributed by atoms with Crippen molar-refractivity contribution in [3.8, 4) is 17.2 Å². The first-order chi connectivity index (χ1) is 18.0. The number of nitrogens with two attached hydrogens (primary N) is 1. The molecular weight excluding hydrogens is 460 g/mol. The van der Waals surface area contributed by atoms with Crippen LogP contribution < -0.4 is 20.5 Å². The first kappa shape index (κ1) is 25.5. The molecule has 0 amide bonds. The van der Waals surface area contributed by atoms with Crippen molar-refractivity contribution in [2.45, 2.75) is 69.2 Å². The van der Waals surface area contributed by atoms with Gasteiger partial charge in [-0.2, -0.15) is 0 Å². The predicted octanol–water partition coefficient (Wildman–Crippen LogP) is 6.37. The van der Waals surface area contributed by atoms with Crippen LogP contribution in [0.2, 0.25) is 0 Å². The minimum atomic E-state index is -0.146. The second-order valence-corrected chi connectivity index (χ2v) is 10.9. The molecule has 4 N–H and O–H groups in total. The third kappa shape index (κ3) is 6.40. The van der Waals surface area contributed by atoms with Gasteiger partial charge >= 0.3 is 0 Å². The van der Waals surface area contributed by atoms with E-state index in [1.54, 1.807) is 13.2 Å². The Morgan fingerprint density at radius 1 is 0.973 bits per heavy atom. The Kier molecular flexibility index (Phi) is 7.90. The molecule has 0 bridgehead atoms. The lowest BCUT2D eigenvalue weighted by Crippen LogP contribution is -2.42. The number of phenols is 1. The summed E-state index contributed by atoms with van der Waals surface area (Å²) >= 11 is 0. The molecule has 0 heterocycles. The van der Waals surface area contributed by atoms with E-state index in [9.17, 15) is 5.11 Å². The quantitative estimate of drug-likeness (QED) is 0.282. The summed E-state index contributed by atoms with van der Waals surface area (Å²) in [4.78, 5) is 0. The second-order valence-electron chi connectivity index (χ2n) is 10.9. The number of ether oxygens (including phenoxy) is 2. The highest BCUT2D eigenvalue weighted by Gasteiger charge is 2.30. The molecule has 2 aliphatic carbocycles. The Labute approximate surface area is 221 Å². The van der Waals surface area contributed by atoms with Gasteiger partial charge in [0.05, 0.1) is 12.6 Å². The fourth-order valence-electron chi connectivity index (χ4n) is 5.90. The average molecular weight is 501 g/mol. The highest BCUT2D eigenvalue weighted by atomic mass is 16.5. The molecular formula is C32H40N2O3. The molecule has 5 rings (SSSR count). The summed E-state index contributed by atoms with van der Waals surface area (Å²) < 4.78 is 11.5. The number of benzene rings is 3. The van der Waals surface area contributed by atoms with Gasteiger partial charge in [-0.15, -0.1) is 0 Å². The van der Waals surface area contributed by atoms with E-state index in [1.165, 1.54) is 35.1 Å². The molecule has 1 unspecified atom stereocenters. The zero-order valence-electron chi connectivity index (χ0n) is 22.0. The van der Waals surface area contributed by atoms with E-state index in [0.717, 1.165) is 68.7 Å². The molecule has 0 saturated heterocycles. The number of fused-ring (bicyclic) bond motifs is 1. The number of hydrogen-bond donors (Lipinski definition) is 3. The molecule has 3 aromatic carbocycles. The highest BCUT2D eigenvalue weighted by molar-refractivity contribution is 5.57. The normalized spacial score (nSPS) is 18.3. The van der Waals surface area contributed by atoms with Crippen molar-refractivity contribution in [2.75, 3.05) is 25.6 Å². The maximum absolute atomic E-state index is 9.83. The van der Waals surface area contributed by atoms with Crippen molar-refractivity contribution in [1.29, 1.82) is 0 Å². The molecule has 1 saturated carbocycles. The van der Waals surface area contributed by atoms with Crippen molar-refractivity contribution < 1.29 is 14.6 Å². The van der Waals surface area contributed by atoms with Gasteiger partial charge in [-0.25, -0.2) is 0 Å². The van der Waals surface area contributed by atoms with E-state index in [1.807, 2.05) is 6.07 Å². The van der Waals surface area contributed by atoms with Crippen LogP contribution in [0.3, 0.4) is 0 Å². The van der Waals surface area contributed by atoms with Crippen molar-refractivity contribution in [3.63, 3.8) is 0 Å². The number of phenolic OH excluding ortho intramolecular Hbond substituents is 1. The van der Waals surface area contributed by atoms with Crippen LogP contribution in [0.5, 0.6) is 17.2 Å². The summed E-state index contributed by atoms with van der Waals surface area (Å²) in [7, 11) is 1.72. The Morgan fingerprint density at radius 3 is 2.54 bits per heavy atom. The molecule has 196 valence electrons. The SMILES string of the molecule is COc1ccc(C2CCc3cc(O)ccc3C2)c(NCCCc2ccc(OCC3(N)CCCC3)cc2)c1. The van der Waals surface area contributed by atoms with Crippen LogP contribution in [0, 0.1) is 0 Å². The monoisotopic (exact) mass is 500 g/mol. The molecule has 5 nitrogen and oxygen atoms in total. The lowest BCUT2D eigenvalue weighted by atomic mass is 9.79. The highest BCUT2D eigenvalue weighted by Crippen LogP contribution is 2.38. The molecule has 0 aliphatic heterocycles.